The molecule has 3 aromatic rings. The van der Waals surface area contributed by atoms with Crippen molar-refractivity contribution < 1.29 is 14.0 Å². The minimum absolute atomic E-state index is 0.153. The SMILES string of the molecule is CCCN(CC(=O)Nc1cc(C(C)(C)C)nn1-c1ccccc1)C(=O)Nc1cccc(F)c1. The normalized spacial score (nSPS) is 11.2. The van der Waals surface area contributed by atoms with Gasteiger partial charge in [0.2, 0.25) is 5.91 Å². The zero-order chi connectivity index (χ0) is 24.0. The van der Waals surface area contributed by atoms with Crippen LogP contribution >= 0.6 is 0 Å². The first-order valence-corrected chi connectivity index (χ1v) is 10.9. The fraction of sp³-hybridized carbons (Fsp3) is 0.320. The van der Waals surface area contributed by atoms with Crippen LogP contribution in [-0.2, 0) is 10.2 Å². The average molecular weight is 452 g/mol. The Hall–Kier alpha value is -3.68. The fourth-order valence-corrected chi connectivity index (χ4v) is 3.25. The van der Waals surface area contributed by atoms with Crippen molar-refractivity contribution in [1.29, 1.82) is 0 Å². The molecule has 3 rings (SSSR count). The molecule has 0 atom stereocenters. The van der Waals surface area contributed by atoms with Crippen LogP contribution in [0.1, 0.15) is 39.8 Å². The Morgan fingerprint density at radius 2 is 1.76 bits per heavy atom. The number of nitrogens with zero attached hydrogens (tertiary/aromatic N) is 3. The van der Waals surface area contributed by atoms with Gasteiger partial charge in [-0.25, -0.2) is 13.9 Å². The maximum Gasteiger partial charge on any atom is 0.322 e. The van der Waals surface area contributed by atoms with Crippen molar-refractivity contribution in [2.45, 2.75) is 39.5 Å². The number of anilines is 2. The molecule has 0 spiro atoms. The number of urea groups is 1. The lowest BCUT2D eigenvalue weighted by atomic mass is 9.92. The maximum absolute atomic E-state index is 13.4. The highest BCUT2D eigenvalue weighted by Gasteiger charge is 2.23. The van der Waals surface area contributed by atoms with Crippen LogP contribution in [0.25, 0.3) is 5.69 Å². The number of hydrogen-bond donors (Lipinski definition) is 2. The Balaban J connectivity index is 1.77. The van der Waals surface area contributed by atoms with E-state index in [2.05, 4.69) is 31.4 Å². The summed E-state index contributed by atoms with van der Waals surface area (Å²) in [5.74, 6) is -0.273. The second-order valence-corrected chi connectivity index (χ2v) is 8.82. The van der Waals surface area contributed by atoms with Crippen LogP contribution in [0, 0.1) is 5.82 Å². The summed E-state index contributed by atoms with van der Waals surface area (Å²) < 4.78 is 15.1. The number of carbonyl (C=O) groups is 2. The Bertz CT molecular complexity index is 1110. The first kappa shape index (κ1) is 24.0. The molecule has 2 N–H and O–H groups in total. The second-order valence-electron chi connectivity index (χ2n) is 8.82. The van der Waals surface area contributed by atoms with E-state index < -0.39 is 11.8 Å². The van der Waals surface area contributed by atoms with E-state index in [0.717, 1.165) is 11.4 Å². The van der Waals surface area contributed by atoms with Gasteiger partial charge in [0.25, 0.3) is 0 Å². The summed E-state index contributed by atoms with van der Waals surface area (Å²) in [6.07, 6.45) is 0.667. The zero-order valence-corrected chi connectivity index (χ0v) is 19.4. The molecule has 0 radical (unpaired) electrons. The zero-order valence-electron chi connectivity index (χ0n) is 19.4. The van der Waals surface area contributed by atoms with Crippen molar-refractivity contribution in [2.24, 2.45) is 0 Å². The molecule has 2 aromatic carbocycles. The molecule has 0 aliphatic heterocycles. The first-order chi connectivity index (χ1) is 15.7. The minimum Gasteiger partial charge on any atom is -0.315 e. The van der Waals surface area contributed by atoms with Crippen molar-refractivity contribution in [3.05, 3.63) is 72.2 Å². The van der Waals surface area contributed by atoms with Crippen molar-refractivity contribution in [2.75, 3.05) is 23.7 Å². The molecule has 8 heteroatoms. The van der Waals surface area contributed by atoms with E-state index in [1.54, 1.807) is 10.7 Å². The van der Waals surface area contributed by atoms with Crippen molar-refractivity contribution >= 4 is 23.4 Å². The Kier molecular flexibility index (Phi) is 7.48. The monoisotopic (exact) mass is 451 g/mol. The Labute approximate surface area is 193 Å². The Morgan fingerprint density at radius 1 is 1.03 bits per heavy atom. The van der Waals surface area contributed by atoms with Gasteiger partial charge in [0.15, 0.2) is 0 Å². The fourth-order valence-electron chi connectivity index (χ4n) is 3.25. The quantitative estimate of drug-likeness (QED) is 0.519. The van der Waals surface area contributed by atoms with Gasteiger partial charge < -0.3 is 15.5 Å². The number of amides is 3. The molecule has 33 heavy (non-hydrogen) atoms. The number of halogens is 1. The summed E-state index contributed by atoms with van der Waals surface area (Å²) in [5.41, 5.74) is 1.77. The lowest BCUT2D eigenvalue weighted by Crippen LogP contribution is -2.41. The van der Waals surface area contributed by atoms with Gasteiger partial charge >= 0.3 is 6.03 Å². The highest BCUT2D eigenvalue weighted by molar-refractivity contribution is 5.96. The number of aromatic nitrogens is 2. The summed E-state index contributed by atoms with van der Waals surface area (Å²) in [4.78, 5) is 27.0. The van der Waals surface area contributed by atoms with E-state index in [4.69, 9.17) is 5.10 Å². The maximum atomic E-state index is 13.4. The summed E-state index contributed by atoms with van der Waals surface area (Å²) in [7, 11) is 0. The van der Waals surface area contributed by atoms with Crippen LogP contribution in [0.5, 0.6) is 0 Å². The van der Waals surface area contributed by atoms with Gasteiger partial charge in [-0.2, -0.15) is 5.10 Å². The smallest absolute Gasteiger partial charge is 0.315 e. The first-order valence-electron chi connectivity index (χ1n) is 10.9. The molecule has 7 nitrogen and oxygen atoms in total. The van der Waals surface area contributed by atoms with E-state index in [1.807, 2.05) is 43.3 Å². The largest absolute Gasteiger partial charge is 0.322 e. The van der Waals surface area contributed by atoms with E-state index >= 15 is 0 Å². The number of benzene rings is 2. The summed E-state index contributed by atoms with van der Waals surface area (Å²) in [6.45, 7) is 8.29. The number of rotatable bonds is 7. The summed E-state index contributed by atoms with van der Waals surface area (Å²) in [5, 5.41) is 10.2. The van der Waals surface area contributed by atoms with Crippen LogP contribution in [0.4, 0.5) is 20.7 Å². The molecule has 1 aromatic heterocycles. The van der Waals surface area contributed by atoms with Crippen molar-refractivity contribution in [3.63, 3.8) is 0 Å². The molecule has 1 heterocycles. The standard InChI is InChI=1S/C25H30FN5O2/c1-5-14-30(24(33)27-19-11-9-10-18(26)15-19)17-23(32)28-22-16-21(25(2,3)4)29-31(22)20-12-7-6-8-13-20/h6-13,15-16H,5,14,17H2,1-4H3,(H,27,33)(H,28,32). The molecular formula is C25H30FN5O2. The number of carbonyl (C=O) groups excluding carboxylic acids is 2. The molecular weight excluding hydrogens is 421 g/mol. The highest BCUT2D eigenvalue weighted by Crippen LogP contribution is 2.26. The molecule has 0 fully saturated rings. The van der Waals surface area contributed by atoms with Crippen LogP contribution in [0.15, 0.2) is 60.7 Å². The number of para-hydroxylation sites is 1. The summed E-state index contributed by atoms with van der Waals surface area (Å²) in [6, 6.07) is 16.6. The third kappa shape index (κ3) is 6.41. The Morgan fingerprint density at radius 3 is 2.39 bits per heavy atom. The minimum atomic E-state index is -0.468. The van der Waals surface area contributed by atoms with Gasteiger partial charge in [0, 0.05) is 23.7 Å². The molecule has 0 aliphatic rings. The van der Waals surface area contributed by atoms with Crippen molar-refractivity contribution in [3.8, 4) is 5.69 Å². The lowest BCUT2D eigenvalue weighted by Gasteiger charge is -2.22. The second kappa shape index (κ2) is 10.3. The third-order valence-electron chi connectivity index (χ3n) is 4.94. The average Bonchev–Trinajstić information content (AvgIpc) is 3.18. The predicted molar refractivity (Wildman–Crippen MR) is 128 cm³/mol. The number of hydrogen-bond acceptors (Lipinski definition) is 3. The van der Waals surface area contributed by atoms with Crippen LogP contribution in [-0.4, -0.2) is 39.7 Å². The van der Waals surface area contributed by atoms with Gasteiger partial charge in [-0.3, -0.25) is 4.79 Å². The summed E-state index contributed by atoms with van der Waals surface area (Å²) >= 11 is 0. The van der Waals surface area contributed by atoms with Crippen LogP contribution < -0.4 is 10.6 Å². The molecule has 0 bridgehead atoms. The van der Waals surface area contributed by atoms with Gasteiger partial charge in [0.1, 0.15) is 18.2 Å². The van der Waals surface area contributed by atoms with E-state index in [0.29, 0.717) is 24.5 Å². The third-order valence-corrected chi connectivity index (χ3v) is 4.94. The lowest BCUT2D eigenvalue weighted by molar-refractivity contribution is -0.116. The number of nitrogens with one attached hydrogen (secondary N) is 2. The molecule has 3 amide bonds. The van der Waals surface area contributed by atoms with E-state index in [9.17, 15) is 14.0 Å². The van der Waals surface area contributed by atoms with Gasteiger partial charge in [0.05, 0.1) is 11.4 Å². The van der Waals surface area contributed by atoms with Crippen LogP contribution in [0.2, 0.25) is 0 Å². The van der Waals surface area contributed by atoms with Gasteiger partial charge in [-0.05, 0) is 36.8 Å². The van der Waals surface area contributed by atoms with E-state index in [1.165, 1.54) is 23.1 Å². The van der Waals surface area contributed by atoms with Crippen LogP contribution in [0.3, 0.4) is 0 Å². The van der Waals surface area contributed by atoms with Gasteiger partial charge in [-0.15, -0.1) is 0 Å². The molecule has 0 saturated heterocycles. The molecule has 0 unspecified atom stereocenters. The molecule has 0 saturated carbocycles. The van der Waals surface area contributed by atoms with Crippen molar-refractivity contribution in [1.82, 2.24) is 14.7 Å². The highest BCUT2D eigenvalue weighted by atomic mass is 19.1. The predicted octanol–water partition coefficient (Wildman–Crippen LogP) is 5.19. The topological polar surface area (TPSA) is 79.3 Å². The van der Waals surface area contributed by atoms with E-state index in [-0.39, 0.29) is 17.9 Å². The molecule has 0 aliphatic carbocycles. The molecule has 174 valence electrons. The van der Waals surface area contributed by atoms with Gasteiger partial charge in [-0.1, -0.05) is 52.0 Å².